The van der Waals surface area contributed by atoms with E-state index in [1.54, 1.807) is 12.1 Å². The van der Waals surface area contributed by atoms with Gasteiger partial charge in [0.05, 0.1) is 6.54 Å². The molecule has 92 valence electrons. The summed E-state index contributed by atoms with van der Waals surface area (Å²) in [5, 5.41) is 0. The SMILES string of the molecule is Cc1ccc(OCC(=O)NNC(=O)CN)cc1. The second-order valence-corrected chi connectivity index (χ2v) is 3.40. The molecule has 0 aliphatic carbocycles. The van der Waals surface area contributed by atoms with Gasteiger partial charge in [0.1, 0.15) is 5.75 Å². The quantitative estimate of drug-likeness (QED) is 0.614. The average molecular weight is 237 g/mol. The fourth-order valence-electron chi connectivity index (χ4n) is 1.01. The highest BCUT2D eigenvalue weighted by Crippen LogP contribution is 2.10. The number of benzene rings is 1. The van der Waals surface area contributed by atoms with Gasteiger partial charge in [0.25, 0.3) is 11.8 Å². The van der Waals surface area contributed by atoms with E-state index in [1.165, 1.54) is 0 Å². The molecular formula is C11H15N3O3. The summed E-state index contributed by atoms with van der Waals surface area (Å²) in [5.74, 6) is -0.322. The molecule has 0 saturated heterocycles. The Morgan fingerprint density at radius 3 is 2.35 bits per heavy atom. The van der Waals surface area contributed by atoms with Gasteiger partial charge < -0.3 is 10.5 Å². The molecule has 6 nitrogen and oxygen atoms in total. The van der Waals surface area contributed by atoms with Crippen molar-refractivity contribution in [1.29, 1.82) is 0 Å². The molecule has 6 heteroatoms. The van der Waals surface area contributed by atoms with Crippen molar-refractivity contribution in [2.45, 2.75) is 6.92 Å². The zero-order valence-electron chi connectivity index (χ0n) is 9.53. The molecule has 0 fully saturated rings. The summed E-state index contributed by atoms with van der Waals surface area (Å²) < 4.78 is 5.19. The van der Waals surface area contributed by atoms with E-state index < -0.39 is 11.8 Å². The number of carbonyl (C=O) groups is 2. The van der Waals surface area contributed by atoms with Crippen molar-refractivity contribution < 1.29 is 14.3 Å². The van der Waals surface area contributed by atoms with Crippen LogP contribution in [0.15, 0.2) is 24.3 Å². The third-order valence-electron chi connectivity index (χ3n) is 1.92. The van der Waals surface area contributed by atoms with E-state index >= 15 is 0 Å². The van der Waals surface area contributed by atoms with Gasteiger partial charge >= 0.3 is 0 Å². The van der Waals surface area contributed by atoms with Gasteiger partial charge in [-0.2, -0.15) is 0 Å². The number of hydrogen-bond donors (Lipinski definition) is 3. The van der Waals surface area contributed by atoms with Crippen molar-refractivity contribution in [3.05, 3.63) is 29.8 Å². The van der Waals surface area contributed by atoms with E-state index in [1.807, 2.05) is 19.1 Å². The van der Waals surface area contributed by atoms with Gasteiger partial charge in [-0.1, -0.05) is 17.7 Å². The molecule has 0 spiro atoms. The van der Waals surface area contributed by atoms with Gasteiger partial charge in [-0.15, -0.1) is 0 Å². The summed E-state index contributed by atoms with van der Waals surface area (Å²) in [7, 11) is 0. The Hall–Kier alpha value is -2.08. The zero-order valence-corrected chi connectivity index (χ0v) is 9.53. The molecule has 17 heavy (non-hydrogen) atoms. The number of aryl methyl sites for hydroxylation is 1. The van der Waals surface area contributed by atoms with Crippen LogP contribution < -0.4 is 21.3 Å². The molecule has 0 saturated carbocycles. The molecule has 0 bridgehead atoms. The van der Waals surface area contributed by atoms with Crippen LogP contribution in [0.1, 0.15) is 5.56 Å². The van der Waals surface area contributed by atoms with Crippen LogP contribution in [0.2, 0.25) is 0 Å². The number of amides is 2. The fraction of sp³-hybridized carbons (Fsp3) is 0.273. The molecule has 0 aliphatic heterocycles. The third kappa shape index (κ3) is 4.98. The van der Waals surface area contributed by atoms with E-state index in [0.29, 0.717) is 5.75 Å². The predicted molar refractivity (Wildman–Crippen MR) is 62.0 cm³/mol. The van der Waals surface area contributed by atoms with Crippen LogP contribution in [0.25, 0.3) is 0 Å². The van der Waals surface area contributed by atoms with Crippen LogP contribution in [0.3, 0.4) is 0 Å². The first-order valence-electron chi connectivity index (χ1n) is 5.09. The molecule has 0 atom stereocenters. The number of rotatable bonds is 4. The number of hydrazine groups is 1. The molecule has 0 heterocycles. The zero-order chi connectivity index (χ0) is 12.7. The van der Waals surface area contributed by atoms with Gasteiger partial charge in [0.2, 0.25) is 0 Å². The van der Waals surface area contributed by atoms with Gasteiger partial charge in [-0.25, -0.2) is 0 Å². The standard InChI is InChI=1S/C11H15N3O3/c1-8-2-4-9(5-3-8)17-7-11(16)14-13-10(15)6-12/h2-5H,6-7,12H2,1H3,(H,13,15)(H,14,16). The van der Waals surface area contributed by atoms with E-state index in [-0.39, 0.29) is 13.2 Å². The number of ether oxygens (including phenoxy) is 1. The molecule has 1 aromatic rings. The maximum Gasteiger partial charge on any atom is 0.276 e. The summed E-state index contributed by atoms with van der Waals surface area (Å²) in [6.07, 6.45) is 0. The first-order chi connectivity index (χ1) is 8.11. The van der Waals surface area contributed by atoms with Crippen LogP contribution in [0.5, 0.6) is 5.75 Å². The normalized spacial score (nSPS) is 9.53. The van der Waals surface area contributed by atoms with Crippen LogP contribution >= 0.6 is 0 Å². The monoisotopic (exact) mass is 237 g/mol. The van der Waals surface area contributed by atoms with Crippen molar-refractivity contribution in [1.82, 2.24) is 10.9 Å². The lowest BCUT2D eigenvalue weighted by atomic mass is 10.2. The van der Waals surface area contributed by atoms with Crippen molar-refractivity contribution >= 4 is 11.8 Å². The molecule has 0 unspecified atom stereocenters. The number of carbonyl (C=O) groups excluding carboxylic acids is 2. The molecule has 0 aromatic heterocycles. The Balaban J connectivity index is 2.28. The Morgan fingerprint density at radius 1 is 1.18 bits per heavy atom. The molecule has 1 rings (SSSR count). The van der Waals surface area contributed by atoms with Crippen LogP contribution in [-0.2, 0) is 9.59 Å². The van der Waals surface area contributed by atoms with E-state index in [0.717, 1.165) is 5.56 Å². The molecule has 4 N–H and O–H groups in total. The smallest absolute Gasteiger partial charge is 0.276 e. The lowest BCUT2D eigenvalue weighted by molar-refractivity contribution is -0.129. The highest BCUT2D eigenvalue weighted by molar-refractivity contribution is 5.83. The van der Waals surface area contributed by atoms with E-state index in [9.17, 15) is 9.59 Å². The second kappa shape index (κ2) is 6.49. The highest BCUT2D eigenvalue weighted by atomic mass is 16.5. The summed E-state index contributed by atoms with van der Waals surface area (Å²) in [6.45, 7) is 1.60. The molecule has 2 amide bonds. The van der Waals surface area contributed by atoms with Gasteiger partial charge in [0.15, 0.2) is 6.61 Å². The van der Waals surface area contributed by atoms with Crippen molar-refractivity contribution in [3.8, 4) is 5.75 Å². The predicted octanol–water partition coefficient (Wildman–Crippen LogP) is -0.520. The van der Waals surface area contributed by atoms with Crippen LogP contribution in [0.4, 0.5) is 0 Å². The molecule has 1 aromatic carbocycles. The summed E-state index contributed by atoms with van der Waals surface area (Å²) in [5.41, 5.74) is 10.5. The average Bonchev–Trinajstić information content (AvgIpc) is 2.35. The van der Waals surface area contributed by atoms with E-state index in [4.69, 9.17) is 10.5 Å². The van der Waals surface area contributed by atoms with Crippen molar-refractivity contribution in [2.24, 2.45) is 5.73 Å². The fourth-order valence-corrected chi connectivity index (χ4v) is 1.01. The first kappa shape index (κ1) is 13.0. The maximum absolute atomic E-state index is 11.2. The van der Waals surface area contributed by atoms with E-state index in [2.05, 4.69) is 10.9 Å². The minimum Gasteiger partial charge on any atom is -0.484 e. The van der Waals surface area contributed by atoms with Crippen molar-refractivity contribution in [2.75, 3.05) is 13.2 Å². The topological polar surface area (TPSA) is 93.5 Å². The highest BCUT2D eigenvalue weighted by Gasteiger charge is 2.03. The lowest BCUT2D eigenvalue weighted by Crippen LogP contribution is -2.46. The van der Waals surface area contributed by atoms with Gasteiger partial charge in [0, 0.05) is 0 Å². The Morgan fingerprint density at radius 2 is 1.76 bits per heavy atom. The Kier molecular flexibility index (Phi) is 4.96. The number of nitrogens with two attached hydrogens (primary N) is 1. The second-order valence-electron chi connectivity index (χ2n) is 3.40. The summed E-state index contributed by atoms with van der Waals surface area (Å²) in [4.78, 5) is 21.9. The maximum atomic E-state index is 11.2. The minimum atomic E-state index is -0.464. The summed E-state index contributed by atoms with van der Waals surface area (Å²) >= 11 is 0. The Bertz CT molecular complexity index is 389. The summed E-state index contributed by atoms with van der Waals surface area (Å²) in [6, 6.07) is 7.29. The van der Waals surface area contributed by atoms with Gasteiger partial charge in [-0.3, -0.25) is 20.4 Å². The number of nitrogens with one attached hydrogen (secondary N) is 2. The van der Waals surface area contributed by atoms with Gasteiger partial charge in [-0.05, 0) is 19.1 Å². The minimum absolute atomic E-state index is 0.173. The molecule has 0 radical (unpaired) electrons. The van der Waals surface area contributed by atoms with Crippen molar-refractivity contribution in [3.63, 3.8) is 0 Å². The van der Waals surface area contributed by atoms with Crippen LogP contribution in [-0.4, -0.2) is 25.0 Å². The third-order valence-corrected chi connectivity index (χ3v) is 1.92. The Labute approximate surface area is 99.1 Å². The van der Waals surface area contributed by atoms with Crippen LogP contribution in [0, 0.1) is 6.92 Å². The molecular weight excluding hydrogens is 222 g/mol. The lowest BCUT2D eigenvalue weighted by Gasteiger charge is -2.08. The molecule has 0 aliphatic rings. The number of hydrogen-bond acceptors (Lipinski definition) is 4. The first-order valence-corrected chi connectivity index (χ1v) is 5.09. The largest absolute Gasteiger partial charge is 0.484 e.